The predicted molar refractivity (Wildman–Crippen MR) is 83.2 cm³/mol. The summed E-state index contributed by atoms with van der Waals surface area (Å²) in [5, 5.41) is 2.87. The third-order valence-corrected chi connectivity index (χ3v) is 4.96. The van der Waals surface area contributed by atoms with E-state index in [9.17, 15) is 8.78 Å². The van der Waals surface area contributed by atoms with E-state index in [4.69, 9.17) is 0 Å². The van der Waals surface area contributed by atoms with Crippen LogP contribution in [0.1, 0.15) is 5.56 Å². The maximum atomic E-state index is 13.6. The van der Waals surface area contributed by atoms with Gasteiger partial charge in [-0.3, -0.25) is 0 Å². The lowest BCUT2D eigenvalue weighted by molar-refractivity contribution is 0.596. The molecule has 6 heteroatoms. The van der Waals surface area contributed by atoms with Gasteiger partial charge in [-0.05, 0) is 71.6 Å². The minimum Gasteiger partial charge on any atom is -0.379 e. The molecule has 0 fully saturated rings. The summed E-state index contributed by atoms with van der Waals surface area (Å²) >= 11 is 9.70. The Labute approximate surface area is 134 Å². The van der Waals surface area contributed by atoms with Crippen LogP contribution >= 0.6 is 47.8 Å². The summed E-state index contributed by atoms with van der Waals surface area (Å²) in [7, 11) is 0. The minimum atomic E-state index is -0.499. The van der Waals surface area contributed by atoms with Crippen LogP contribution in [0.2, 0.25) is 0 Å². The van der Waals surface area contributed by atoms with Crippen molar-refractivity contribution in [2.75, 3.05) is 5.32 Å². The van der Waals surface area contributed by atoms with Gasteiger partial charge < -0.3 is 5.32 Å². The summed E-state index contributed by atoms with van der Waals surface area (Å²) in [5.41, 5.74) is 1.09. The molecular formula is C13H8Br3F2N. The lowest BCUT2D eigenvalue weighted by Gasteiger charge is -2.09. The highest BCUT2D eigenvalue weighted by Crippen LogP contribution is 2.26. The predicted octanol–water partition coefficient (Wildman–Crippen LogP) is 5.86. The molecule has 0 radical (unpaired) electrons. The Hall–Kier alpha value is -0.460. The van der Waals surface area contributed by atoms with Crippen LogP contribution < -0.4 is 5.32 Å². The number of hydrogen-bond acceptors (Lipinski definition) is 1. The van der Waals surface area contributed by atoms with Crippen LogP contribution in [0.3, 0.4) is 0 Å². The van der Waals surface area contributed by atoms with Gasteiger partial charge in [0.2, 0.25) is 0 Å². The SMILES string of the molecule is Fc1cc(NCc2ccc(Br)c(Br)c2)c(F)cc1Br. The number of halogens is 5. The summed E-state index contributed by atoms with van der Waals surface area (Å²) in [6.07, 6.45) is 0. The van der Waals surface area contributed by atoms with Gasteiger partial charge >= 0.3 is 0 Å². The molecule has 2 rings (SSSR count). The van der Waals surface area contributed by atoms with Crippen LogP contribution in [-0.4, -0.2) is 0 Å². The first-order valence-electron chi connectivity index (χ1n) is 5.29. The molecule has 0 aromatic heterocycles. The fourth-order valence-corrected chi connectivity index (χ4v) is 2.49. The van der Waals surface area contributed by atoms with Crippen molar-refractivity contribution in [3.05, 3.63) is 60.9 Å². The Morgan fingerprint density at radius 1 is 0.842 bits per heavy atom. The van der Waals surface area contributed by atoms with Crippen molar-refractivity contribution in [1.29, 1.82) is 0 Å². The van der Waals surface area contributed by atoms with Gasteiger partial charge in [-0.1, -0.05) is 6.07 Å². The smallest absolute Gasteiger partial charge is 0.147 e. The summed E-state index contributed by atoms with van der Waals surface area (Å²) in [5.74, 6) is -0.995. The second-order valence-corrected chi connectivity index (χ2v) is 6.41. The molecule has 0 bridgehead atoms. The zero-order valence-electron chi connectivity index (χ0n) is 9.48. The van der Waals surface area contributed by atoms with Crippen molar-refractivity contribution in [1.82, 2.24) is 0 Å². The standard InChI is InChI=1S/C13H8Br3F2N/c14-8-2-1-7(3-9(8)15)6-19-13-5-11(17)10(16)4-12(13)18/h1-5,19H,6H2. The third-order valence-electron chi connectivity index (χ3n) is 2.48. The molecule has 0 saturated carbocycles. The van der Waals surface area contributed by atoms with Gasteiger partial charge in [0.05, 0.1) is 10.2 Å². The van der Waals surface area contributed by atoms with E-state index in [1.165, 1.54) is 0 Å². The first-order valence-corrected chi connectivity index (χ1v) is 7.67. The van der Waals surface area contributed by atoms with Crippen LogP contribution in [0, 0.1) is 11.6 Å². The number of benzene rings is 2. The van der Waals surface area contributed by atoms with Gasteiger partial charge in [0.15, 0.2) is 0 Å². The van der Waals surface area contributed by atoms with E-state index in [1.54, 1.807) is 0 Å². The Bertz CT molecular complexity index is 617. The first-order chi connectivity index (χ1) is 8.97. The summed E-state index contributed by atoms with van der Waals surface area (Å²) in [6, 6.07) is 7.93. The highest BCUT2D eigenvalue weighted by atomic mass is 79.9. The molecule has 0 amide bonds. The Balaban J connectivity index is 2.14. The number of hydrogen-bond donors (Lipinski definition) is 1. The van der Waals surface area contributed by atoms with Crippen LogP contribution in [-0.2, 0) is 6.54 Å². The molecule has 0 spiro atoms. The van der Waals surface area contributed by atoms with Gasteiger partial charge in [0.25, 0.3) is 0 Å². The molecule has 2 aromatic carbocycles. The zero-order chi connectivity index (χ0) is 14.0. The Kier molecular flexibility index (Phi) is 4.97. The second-order valence-electron chi connectivity index (χ2n) is 3.85. The van der Waals surface area contributed by atoms with Gasteiger partial charge in [0.1, 0.15) is 11.6 Å². The van der Waals surface area contributed by atoms with E-state index < -0.39 is 11.6 Å². The number of nitrogens with one attached hydrogen (secondary N) is 1. The fraction of sp³-hybridized carbons (Fsp3) is 0.0769. The Morgan fingerprint density at radius 3 is 2.26 bits per heavy atom. The quantitative estimate of drug-likeness (QED) is 0.571. The van der Waals surface area contributed by atoms with Crippen molar-refractivity contribution in [3.63, 3.8) is 0 Å². The molecule has 0 aliphatic heterocycles. The average molecular weight is 456 g/mol. The van der Waals surface area contributed by atoms with Crippen LogP contribution in [0.25, 0.3) is 0 Å². The number of rotatable bonds is 3. The van der Waals surface area contributed by atoms with Gasteiger partial charge in [-0.15, -0.1) is 0 Å². The molecule has 0 atom stereocenters. The maximum Gasteiger partial charge on any atom is 0.147 e. The van der Waals surface area contributed by atoms with Gasteiger partial charge in [0, 0.05) is 21.6 Å². The van der Waals surface area contributed by atoms with Crippen LogP contribution in [0.4, 0.5) is 14.5 Å². The molecule has 0 saturated heterocycles. The monoisotopic (exact) mass is 453 g/mol. The molecule has 100 valence electrons. The molecule has 0 heterocycles. The summed E-state index contributed by atoms with van der Waals surface area (Å²) < 4.78 is 28.9. The highest BCUT2D eigenvalue weighted by molar-refractivity contribution is 9.13. The second kappa shape index (κ2) is 6.33. The lowest BCUT2D eigenvalue weighted by atomic mass is 10.2. The van der Waals surface area contributed by atoms with E-state index in [-0.39, 0.29) is 10.2 Å². The van der Waals surface area contributed by atoms with E-state index in [2.05, 4.69) is 53.1 Å². The van der Waals surface area contributed by atoms with E-state index in [1.807, 2.05) is 18.2 Å². The average Bonchev–Trinajstić information content (AvgIpc) is 2.36. The fourth-order valence-electron chi connectivity index (χ4n) is 1.50. The van der Waals surface area contributed by atoms with Gasteiger partial charge in [-0.25, -0.2) is 8.78 Å². The van der Waals surface area contributed by atoms with Gasteiger partial charge in [-0.2, -0.15) is 0 Å². The molecule has 2 aromatic rings. The largest absolute Gasteiger partial charge is 0.379 e. The molecular weight excluding hydrogens is 448 g/mol. The Morgan fingerprint density at radius 2 is 1.58 bits per heavy atom. The molecule has 19 heavy (non-hydrogen) atoms. The normalized spacial score (nSPS) is 10.6. The zero-order valence-corrected chi connectivity index (χ0v) is 14.2. The molecule has 1 N–H and O–H groups in total. The number of anilines is 1. The summed E-state index contributed by atoms with van der Waals surface area (Å²) in [4.78, 5) is 0. The lowest BCUT2D eigenvalue weighted by Crippen LogP contribution is -2.02. The van der Waals surface area contributed by atoms with Crippen molar-refractivity contribution in [2.45, 2.75) is 6.54 Å². The minimum absolute atomic E-state index is 0.113. The van der Waals surface area contributed by atoms with E-state index >= 15 is 0 Å². The third kappa shape index (κ3) is 3.77. The topological polar surface area (TPSA) is 12.0 Å². The van der Waals surface area contributed by atoms with E-state index in [0.717, 1.165) is 26.6 Å². The van der Waals surface area contributed by atoms with Crippen LogP contribution in [0.15, 0.2) is 43.7 Å². The van der Waals surface area contributed by atoms with Crippen molar-refractivity contribution >= 4 is 53.5 Å². The van der Waals surface area contributed by atoms with Crippen molar-refractivity contribution in [3.8, 4) is 0 Å². The molecule has 0 aliphatic rings. The maximum absolute atomic E-state index is 13.6. The van der Waals surface area contributed by atoms with Crippen LogP contribution in [0.5, 0.6) is 0 Å². The summed E-state index contributed by atoms with van der Waals surface area (Å²) in [6.45, 7) is 0.407. The first kappa shape index (κ1) is 14.9. The van der Waals surface area contributed by atoms with Crippen molar-refractivity contribution < 1.29 is 8.78 Å². The molecule has 0 unspecified atom stereocenters. The van der Waals surface area contributed by atoms with E-state index in [0.29, 0.717) is 6.54 Å². The molecule has 0 aliphatic carbocycles. The van der Waals surface area contributed by atoms with Crippen molar-refractivity contribution in [2.24, 2.45) is 0 Å². The molecule has 1 nitrogen and oxygen atoms in total. The highest BCUT2D eigenvalue weighted by Gasteiger charge is 2.08.